The zero-order chi connectivity index (χ0) is 15.2. The minimum atomic E-state index is 0.140. The summed E-state index contributed by atoms with van der Waals surface area (Å²) in [6.07, 6.45) is 1.90. The third-order valence-electron chi connectivity index (χ3n) is 2.83. The molecule has 1 aromatic carbocycles. The quantitative estimate of drug-likeness (QED) is 0.381. The number of aromatic nitrogens is 1. The Balaban J connectivity index is 2.35. The molecule has 1 heterocycles. The van der Waals surface area contributed by atoms with Crippen LogP contribution in [0.3, 0.4) is 0 Å². The first-order chi connectivity index (χ1) is 10.1. The van der Waals surface area contributed by atoms with Crippen LogP contribution in [0, 0.1) is 0 Å². The zero-order valence-corrected chi connectivity index (χ0v) is 12.6. The molecule has 0 atom stereocenters. The molecule has 5 nitrogen and oxygen atoms in total. The van der Waals surface area contributed by atoms with Gasteiger partial charge in [-0.1, -0.05) is 46.6 Å². The van der Waals surface area contributed by atoms with Crippen molar-refractivity contribution >= 4 is 40.5 Å². The molecule has 0 radical (unpaired) electrons. The Labute approximate surface area is 132 Å². The third-order valence-corrected chi connectivity index (χ3v) is 3.32. The van der Waals surface area contributed by atoms with Crippen LogP contribution < -0.4 is 10.6 Å². The first-order valence-corrected chi connectivity index (χ1v) is 6.97. The van der Waals surface area contributed by atoms with E-state index in [1.54, 1.807) is 6.07 Å². The predicted molar refractivity (Wildman–Crippen MR) is 85.7 cm³/mol. The normalized spacial score (nSPS) is 11.4. The highest BCUT2D eigenvalue weighted by Gasteiger charge is 2.15. The fourth-order valence-electron chi connectivity index (χ4n) is 1.85. The standard InChI is InChI=1S/C14H14Cl2N4O/c15-10-8-12(16)14(18-9-10)20(7-6-13(17)19-21)11-4-2-1-3-5-11/h1-5,8-9,21H,6-7H2,(H2,17,19). The van der Waals surface area contributed by atoms with Crippen molar-refractivity contribution < 1.29 is 5.21 Å². The van der Waals surface area contributed by atoms with E-state index >= 15 is 0 Å². The van der Waals surface area contributed by atoms with Crippen molar-refractivity contribution in [3.8, 4) is 0 Å². The topological polar surface area (TPSA) is 74.7 Å². The van der Waals surface area contributed by atoms with Crippen molar-refractivity contribution in [1.82, 2.24) is 4.98 Å². The van der Waals surface area contributed by atoms with E-state index in [2.05, 4.69) is 10.1 Å². The Hall–Kier alpha value is -1.98. The number of halogens is 2. The van der Waals surface area contributed by atoms with Crippen LogP contribution in [-0.4, -0.2) is 22.6 Å². The fourth-order valence-corrected chi connectivity index (χ4v) is 2.33. The van der Waals surface area contributed by atoms with Gasteiger partial charge >= 0.3 is 0 Å². The number of pyridine rings is 1. The SMILES string of the molecule is N/C(CCN(c1ccccc1)c1ncc(Cl)cc1Cl)=N\O. The van der Waals surface area contributed by atoms with Crippen LogP contribution in [0.25, 0.3) is 0 Å². The van der Waals surface area contributed by atoms with Crippen LogP contribution in [0.5, 0.6) is 0 Å². The van der Waals surface area contributed by atoms with Crippen LogP contribution in [0.1, 0.15) is 6.42 Å². The van der Waals surface area contributed by atoms with E-state index in [1.165, 1.54) is 6.20 Å². The average molecular weight is 325 g/mol. The molecular formula is C14H14Cl2N4O. The summed E-state index contributed by atoms with van der Waals surface area (Å²) in [5.41, 5.74) is 6.44. The molecule has 7 heteroatoms. The second-order valence-corrected chi connectivity index (χ2v) is 5.13. The number of amidine groups is 1. The molecule has 0 saturated heterocycles. The largest absolute Gasteiger partial charge is 0.409 e. The van der Waals surface area contributed by atoms with Crippen molar-refractivity contribution in [2.45, 2.75) is 6.42 Å². The lowest BCUT2D eigenvalue weighted by atomic mass is 10.2. The summed E-state index contributed by atoms with van der Waals surface area (Å²) in [6, 6.07) is 11.2. The lowest BCUT2D eigenvalue weighted by Gasteiger charge is -2.24. The summed E-state index contributed by atoms with van der Waals surface area (Å²) in [7, 11) is 0. The molecular weight excluding hydrogens is 311 g/mol. The summed E-state index contributed by atoms with van der Waals surface area (Å²) < 4.78 is 0. The molecule has 0 aliphatic heterocycles. The van der Waals surface area contributed by atoms with Gasteiger partial charge in [0.15, 0.2) is 5.82 Å². The molecule has 3 N–H and O–H groups in total. The number of hydrogen-bond donors (Lipinski definition) is 2. The van der Waals surface area contributed by atoms with Crippen LogP contribution >= 0.6 is 23.2 Å². The Morgan fingerprint density at radius 2 is 2.00 bits per heavy atom. The molecule has 21 heavy (non-hydrogen) atoms. The summed E-state index contributed by atoms with van der Waals surface area (Å²) in [5, 5.41) is 12.5. The number of rotatable bonds is 5. The molecule has 0 unspecified atom stereocenters. The maximum absolute atomic E-state index is 8.67. The Morgan fingerprint density at radius 3 is 2.62 bits per heavy atom. The molecule has 0 amide bonds. The number of nitrogens with two attached hydrogens (primary N) is 1. The molecule has 0 aliphatic carbocycles. The van der Waals surface area contributed by atoms with Gasteiger partial charge in [0.25, 0.3) is 0 Å². The molecule has 0 bridgehead atoms. The molecule has 110 valence electrons. The Bertz CT molecular complexity index is 634. The van der Waals surface area contributed by atoms with Gasteiger partial charge in [-0.2, -0.15) is 0 Å². The monoisotopic (exact) mass is 324 g/mol. The maximum atomic E-state index is 8.67. The lowest BCUT2D eigenvalue weighted by Crippen LogP contribution is -2.25. The first-order valence-electron chi connectivity index (χ1n) is 6.22. The van der Waals surface area contributed by atoms with Gasteiger partial charge in [0.1, 0.15) is 5.84 Å². The molecule has 0 aliphatic rings. The number of hydrogen-bond acceptors (Lipinski definition) is 4. The average Bonchev–Trinajstić information content (AvgIpc) is 2.50. The van der Waals surface area contributed by atoms with Gasteiger partial charge in [-0.15, -0.1) is 0 Å². The number of benzene rings is 1. The van der Waals surface area contributed by atoms with Crippen molar-refractivity contribution in [2.75, 3.05) is 11.4 Å². The number of nitrogens with zero attached hydrogens (tertiary/aromatic N) is 3. The predicted octanol–water partition coefficient (Wildman–Crippen LogP) is 3.66. The van der Waals surface area contributed by atoms with Crippen LogP contribution in [0.15, 0.2) is 47.8 Å². The minimum Gasteiger partial charge on any atom is -0.409 e. The summed E-state index contributed by atoms with van der Waals surface area (Å²) in [6.45, 7) is 0.467. The first kappa shape index (κ1) is 15.4. The summed E-state index contributed by atoms with van der Waals surface area (Å²) in [5.74, 6) is 0.707. The van der Waals surface area contributed by atoms with Gasteiger partial charge in [-0.25, -0.2) is 4.98 Å². The van der Waals surface area contributed by atoms with E-state index in [9.17, 15) is 0 Å². The van der Waals surface area contributed by atoms with Gasteiger partial charge in [0.05, 0.1) is 10.0 Å². The van der Waals surface area contributed by atoms with Gasteiger partial charge in [0, 0.05) is 24.8 Å². The number of anilines is 2. The molecule has 2 rings (SSSR count). The Morgan fingerprint density at radius 1 is 1.29 bits per heavy atom. The van der Waals surface area contributed by atoms with Crippen molar-refractivity contribution in [1.29, 1.82) is 0 Å². The van der Waals surface area contributed by atoms with E-state index < -0.39 is 0 Å². The van der Waals surface area contributed by atoms with Gasteiger partial charge in [-0.05, 0) is 18.2 Å². The van der Waals surface area contributed by atoms with E-state index in [0.717, 1.165) is 5.69 Å². The second-order valence-electron chi connectivity index (χ2n) is 4.29. The number of para-hydroxylation sites is 1. The Kier molecular flexibility index (Phi) is 5.25. The third kappa shape index (κ3) is 4.00. The fraction of sp³-hybridized carbons (Fsp3) is 0.143. The van der Waals surface area contributed by atoms with E-state index in [-0.39, 0.29) is 5.84 Å². The lowest BCUT2D eigenvalue weighted by molar-refractivity contribution is 0.317. The number of oxime groups is 1. The molecule has 0 fully saturated rings. The molecule has 0 spiro atoms. The van der Waals surface area contributed by atoms with Gasteiger partial charge < -0.3 is 15.8 Å². The van der Waals surface area contributed by atoms with Crippen molar-refractivity contribution in [3.63, 3.8) is 0 Å². The van der Waals surface area contributed by atoms with Gasteiger partial charge in [-0.3, -0.25) is 0 Å². The molecule has 1 aromatic heterocycles. The van der Waals surface area contributed by atoms with E-state index in [1.807, 2.05) is 35.2 Å². The van der Waals surface area contributed by atoms with Crippen molar-refractivity contribution in [2.24, 2.45) is 10.9 Å². The van der Waals surface area contributed by atoms with Crippen LogP contribution in [-0.2, 0) is 0 Å². The highest BCUT2D eigenvalue weighted by molar-refractivity contribution is 6.36. The summed E-state index contributed by atoms with van der Waals surface area (Å²) in [4.78, 5) is 6.16. The van der Waals surface area contributed by atoms with Crippen LogP contribution in [0.4, 0.5) is 11.5 Å². The maximum Gasteiger partial charge on any atom is 0.151 e. The minimum absolute atomic E-state index is 0.140. The van der Waals surface area contributed by atoms with E-state index in [0.29, 0.717) is 28.8 Å². The summed E-state index contributed by atoms with van der Waals surface area (Å²) >= 11 is 12.1. The molecule has 0 saturated carbocycles. The highest BCUT2D eigenvalue weighted by Crippen LogP contribution is 2.31. The van der Waals surface area contributed by atoms with Gasteiger partial charge in [0.2, 0.25) is 0 Å². The zero-order valence-electron chi connectivity index (χ0n) is 11.1. The van der Waals surface area contributed by atoms with E-state index in [4.69, 9.17) is 34.1 Å². The van der Waals surface area contributed by atoms with Crippen molar-refractivity contribution in [3.05, 3.63) is 52.6 Å². The highest BCUT2D eigenvalue weighted by atomic mass is 35.5. The molecule has 2 aromatic rings. The van der Waals surface area contributed by atoms with Crippen LogP contribution in [0.2, 0.25) is 10.0 Å². The smallest absolute Gasteiger partial charge is 0.151 e. The second kappa shape index (κ2) is 7.15.